The highest BCUT2D eigenvalue weighted by Crippen LogP contribution is 2.21. The van der Waals surface area contributed by atoms with Crippen LogP contribution >= 0.6 is 0 Å². The number of piperidine rings is 2. The molecule has 2 aliphatic rings. The van der Waals surface area contributed by atoms with E-state index in [0.717, 1.165) is 45.2 Å². The molecule has 2 atom stereocenters. The number of aliphatic carboxylic acids is 1. The molecule has 2 fully saturated rings. The maximum atomic E-state index is 12.5. The summed E-state index contributed by atoms with van der Waals surface area (Å²) in [5.41, 5.74) is 0. The number of carboxylic acids is 1. The van der Waals surface area contributed by atoms with Crippen LogP contribution in [0.25, 0.3) is 0 Å². The van der Waals surface area contributed by atoms with E-state index in [1.165, 1.54) is 6.08 Å². The second-order valence-corrected chi connectivity index (χ2v) is 7.34. The van der Waals surface area contributed by atoms with Crippen LogP contribution in [0.1, 0.15) is 38.5 Å². The van der Waals surface area contributed by atoms with Gasteiger partial charge in [-0.15, -0.1) is 6.58 Å². The first-order valence-electron chi connectivity index (χ1n) is 9.62. The zero-order valence-corrected chi connectivity index (χ0v) is 15.4. The van der Waals surface area contributed by atoms with E-state index in [9.17, 15) is 14.4 Å². The Kier molecular flexibility index (Phi) is 8.09. The number of nitrogens with one attached hydrogen (secondary N) is 2. The van der Waals surface area contributed by atoms with E-state index >= 15 is 0 Å². The van der Waals surface area contributed by atoms with Crippen molar-refractivity contribution in [2.45, 2.75) is 38.5 Å². The number of carbonyl (C=O) groups excluding carboxylic acids is 2. The minimum absolute atomic E-state index is 0.0395. The highest BCUT2D eigenvalue weighted by atomic mass is 16.4. The number of nitrogens with zero attached hydrogens (tertiary/aromatic N) is 1. The maximum absolute atomic E-state index is 12.5. The van der Waals surface area contributed by atoms with Crippen LogP contribution in [0.5, 0.6) is 0 Å². The van der Waals surface area contributed by atoms with Crippen LogP contribution in [-0.4, -0.2) is 60.5 Å². The maximum Gasteiger partial charge on any atom is 0.312 e. The van der Waals surface area contributed by atoms with Crippen molar-refractivity contribution in [1.29, 1.82) is 0 Å². The van der Waals surface area contributed by atoms with Gasteiger partial charge in [0.05, 0.1) is 11.8 Å². The summed E-state index contributed by atoms with van der Waals surface area (Å²) < 4.78 is 0. The molecule has 0 radical (unpaired) electrons. The van der Waals surface area contributed by atoms with E-state index in [1.807, 2.05) is 0 Å². The largest absolute Gasteiger partial charge is 0.481 e. The molecule has 7 heteroatoms. The second-order valence-electron chi connectivity index (χ2n) is 7.34. The summed E-state index contributed by atoms with van der Waals surface area (Å²) in [5.74, 6) is -1.46. The molecule has 0 aliphatic carbocycles. The number of hydrogen-bond acceptors (Lipinski definition) is 4. The summed E-state index contributed by atoms with van der Waals surface area (Å²) in [5, 5.41) is 15.0. The molecule has 3 N–H and O–H groups in total. The molecule has 2 amide bonds. The molecule has 146 valence electrons. The molecule has 26 heavy (non-hydrogen) atoms. The molecular weight excluding hydrogens is 334 g/mol. The average Bonchev–Trinajstić information content (AvgIpc) is 2.67. The van der Waals surface area contributed by atoms with E-state index in [2.05, 4.69) is 17.2 Å². The summed E-state index contributed by atoms with van der Waals surface area (Å²) in [6.07, 6.45) is 6.60. The molecule has 0 unspecified atom stereocenters. The van der Waals surface area contributed by atoms with Crippen molar-refractivity contribution < 1.29 is 19.5 Å². The molecule has 0 aromatic rings. The first-order valence-corrected chi connectivity index (χ1v) is 9.62. The summed E-state index contributed by atoms with van der Waals surface area (Å²) in [7, 11) is 0. The second kappa shape index (κ2) is 10.3. The number of carbonyl (C=O) groups is 3. The Labute approximate surface area is 155 Å². The predicted molar refractivity (Wildman–Crippen MR) is 98.5 cm³/mol. The number of rotatable bonds is 8. The van der Waals surface area contributed by atoms with Crippen molar-refractivity contribution >= 4 is 17.8 Å². The highest BCUT2D eigenvalue weighted by molar-refractivity contribution is 5.82. The van der Waals surface area contributed by atoms with Gasteiger partial charge < -0.3 is 20.6 Å². The number of carboxylic acid groups (broad SMARTS) is 1. The highest BCUT2D eigenvalue weighted by Gasteiger charge is 2.29. The van der Waals surface area contributed by atoms with Gasteiger partial charge in [-0.25, -0.2) is 0 Å². The fourth-order valence-corrected chi connectivity index (χ4v) is 3.70. The summed E-state index contributed by atoms with van der Waals surface area (Å²) in [6, 6.07) is 0. The Hall–Kier alpha value is -1.89. The van der Waals surface area contributed by atoms with E-state index < -0.39 is 11.9 Å². The lowest BCUT2D eigenvalue weighted by Gasteiger charge is -2.33. The number of amides is 2. The van der Waals surface area contributed by atoms with E-state index in [0.29, 0.717) is 25.4 Å². The number of hydrogen-bond donors (Lipinski definition) is 3. The molecule has 0 aromatic carbocycles. The minimum Gasteiger partial charge on any atom is -0.481 e. The Balaban J connectivity index is 1.76. The van der Waals surface area contributed by atoms with Gasteiger partial charge in [0.1, 0.15) is 0 Å². The molecule has 2 heterocycles. The van der Waals surface area contributed by atoms with E-state index in [-0.39, 0.29) is 24.3 Å². The normalized spacial score (nSPS) is 22.5. The van der Waals surface area contributed by atoms with Crippen molar-refractivity contribution in [2.24, 2.45) is 17.8 Å². The molecule has 0 bridgehead atoms. The fourth-order valence-electron chi connectivity index (χ4n) is 3.70. The SMILES string of the molecule is C=C[C@@H](CNC(=O)[C@@H]1CCCN(C(=O)CCC2CCNCC2)C1)C(=O)O. The first kappa shape index (κ1) is 20.4. The molecule has 0 spiro atoms. The van der Waals surface area contributed by atoms with Crippen LogP contribution < -0.4 is 10.6 Å². The van der Waals surface area contributed by atoms with Crippen LogP contribution in [0.15, 0.2) is 12.7 Å². The molecule has 2 aliphatic heterocycles. The lowest BCUT2D eigenvalue weighted by molar-refractivity contribution is -0.140. The third-order valence-corrected chi connectivity index (χ3v) is 5.47. The average molecular weight is 365 g/mol. The van der Waals surface area contributed by atoms with Crippen LogP contribution in [-0.2, 0) is 14.4 Å². The molecule has 7 nitrogen and oxygen atoms in total. The topological polar surface area (TPSA) is 98.7 Å². The predicted octanol–water partition coefficient (Wildman–Crippen LogP) is 1.01. The van der Waals surface area contributed by atoms with Crippen LogP contribution in [0.4, 0.5) is 0 Å². The van der Waals surface area contributed by atoms with Crippen molar-refractivity contribution in [3.8, 4) is 0 Å². The van der Waals surface area contributed by atoms with Gasteiger partial charge in [-0.2, -0.15) is 0 Å². The Bertz CT molecular complexity index is 517. The van der Waals surface area contributed by atoms with Gasteiger partial charge in [-0.05, 0) is 51.1 Å². The third kappa shape index (κ3) is 6.12. The fraction of sp³-hybridized carbons (Fsp3) is 0.737. The summed E-state index contributed by atoms with van der Waals surface area (Å²) in [6.45, 7) is 6.73. The first-order chi connectivity index (χ1) is 12.5. The molecule has 0 aromatic heterocycles. The van der Waals surface area contributed by atoms with Crippen LogP contribution in [0.2, 0.25) is 0 Å². The Morgan fingerprint density at radius 2 is 2.00 bits per heavy atom. The molecule has 2 rings (SSSR count). The minimum atomic E-state index is -1.00. The molecular formula is C19H31N3O4. The van der Waals surface area contributed by atoms with Gasteiger partial charge in [0.15, 0.2) is 0 Å². The number of likely N-dealkylation sites (tertiary alicyclic amines) is 1. The van der Waals surface area contributed by atoms with Crippen molar-refractivity contribution in [1.82, 2.24) is 15.5 Å². The van der Waals surface area contributed by atoms with Gasteiger partial charge in [0, 0.05) is 26.1 Å². The Morgan fingerprint density at radius 3 is 2.65 bits per heavy atom. The van der Waals surface area contributed by atoms with Crippen LogP contribution in [0, 0.1) is 17.8 Å². The van der Waals surface area contributed by atoms with Gasteiger partial charge in [-0.1, -0.05) is 6.08 Å². The Morgan fingerprint density at radius 1 is 1.27 bits per heavy atom. The zero-order chi connectivity index (χ0) is 18.9. The van der Waals surface area contributed by atoms with Gasteiger partial charge in [0.25, 0.3) is 0 Å². The van der Waals surface area contributed by atoms with Crippen LogP contribution in [0.3, 0.4) is 0 Å². The standard InChI is InChI=1S/C19H31N3O4/c1-2-15(19(25)26)12-21-18(24)16-4-3-11-22(13-16)17(23)6-5-14-7-9-20-10-8-14/h2,14-16,20H,1,3-13H2,(H,21,24)(H,25,26)/t15-,16+/m0/s1. The van der Waals surface area contributed by atoms with E-state index in [1.54, 1.807) is 4.90 Å². The van der Waals surface area contributed by atoms with E-state index in [4.69, 9.17) is 5.11 Å². The molecule has 2 saturated heterocycles. The quantitative estimate of drug-likeness (QED) is 0.558. The van der Waals surface area contributed by atoms with Crippen molar-refractivity contribution in [3.05, 3.63) is 12.7 Å². The third-order valence-electron chi connectivity index (χ3n) is 5.47. The van der Waals surface area contributed by atoms with Gasteiger partial charge in [-0.3, -0.25) is 14.4 Å². The van der Waals surface area contributed by atoms with Crippen molar-refractivity contribution in [3.63, 3.8) is 0 Å². The monoisotopic (exact) mass is 365 g/mol. The summed E-state index contributed by atoms with van der Waals surface area (Å²) >= 11 is 0. The van der Waals surface area contributed by atoms with Gasteiger partial charge >= 0.3 is 5.97 Å². The van der Waals surface area contributed by atoms with Gasteiger partial charge in [0.2, 0.25) is 11.8 Å². The lowest BCUT2D eigenvalue weighted by atomic mass is 9.92. The molecule has 0 saturated carbocycles. The van der Waals surface area contributed by atoms with Crippen molar-refractivity contribution in [2.75, 3.05) is 32.7 Å². The summed E-state index contributed by atoms with van der Waals surface area (Å²) in [4.78, 5) is 37.6. The lowest BCUT2D eigenvalue weighted by Crippen LogP contribution is -2.46. The smallest absolute Gasteiger partial charge is 0.312 e. The zero-order valence-electron chi connectivity index (χ0n) is 15.4.